The Labute approximate surface area is 353 Å². The van der Waals surface area contributed by atoms with Crippen LogP contribution in [-0.2, 0) is 32.7 Å². The summed E-state index contributed by atoms with van der Waals surface area (Å²) in [5.41, 5.74) is 0. The summed E-state index contributed by atoms with van der Waals surface area (Å²) in [5, 5.41) is 50.1. The molecule has 1 aliphatic rings. The SMILES string of the molecule is CC/C=C/C=C/C=C/C=C/CCCCCCCC(=O)OC[C@H](COP(=O)(O)OC1C(O)C(O)C(O)[C@@H](O)C1O)OC(=O)CCCC/C=C/CCCCCCCCCCC. The molecule has 13 nitrogen and oxygen atoms in total. The molecule has 0 heterocycles. The third-order valence-corrected chi connectivity index (χ3v) is 10.9. The molecule has 8 atom stereocenters. The van der Waals surface area contributed by atoms with Gasteiger partial charge in [0.05, 0.1) is 6.61 Å². The molecule has 1 fully saturated rings. The standard InChI is InChI=1S/C45H77O13P/c1-3-5-7-9-11-13-15-17-19-21-23-25-27-29-31-33-38(46)55-35-37(36-56-59(53,54)58-45-43(51)41(49)40(48)42(50)44(45)52)57-39(47)34-32-30-28-26-24-22-20-18-16-14-12-10-8-6-4-2/h5,7,9,11,13,15,17,19,24,26,37,40-45,48-52H,3-4,6,8,10,12,14,16,18,20-23,25,27-36H2,1-2H3,(H,53,54)/b7-5+,11-9+,15-13+,19-17+,26-24+/t37-,40?,41-,42?,43?,44?,45?/m1/s1. The molecule has 0 aromatic heterocycles. The van der Waals surface area contributed by atoms with Crippen LogP contribution in [0.1, 0.15) is 155 Å². The van der Waals surface area contributed by atoms with E-state index in [0.29, 0.717) is 12.8 Å². The van der Waals surface area contributed by atoms with E-state index in [0.717, 1.165) is 57.8 Å². The molecule has 0 radical (unpaired) electrons. The molecule has 14 heteroatoms. The number of allylic oxidation sites excluding steroid dienone is 10. The van der Waals surface area contributed by atoms with Gasteiger partial charge in [0.15, 0.2) is 6.10 Å². The molecule has 0 bridgehead atoms. The normalized spacial score (nSPS) is 22.9. The summed E-state index contributed by atoms with van der Waals surface area (Å²) in [4.78, 5) is 35.6. The highest BCUT2D eigenvalue weighted by molar-refractivity contribution is 7.47. The quantitative estimate of drug-likeness (QED) is 0.0117. The third kappa shape index (κ3) is 27.9. The van der Waals surface area contributed by atoms with Crippen LogP contribution in [0.25, 0.3) is 0 Å². The molecule has 6 N–H and O–H groups in total. The van der Waals surface area contributed by atoms with Crippen molar-refractivity contribution in [2.24, 2.45) is 0 Å². The summed E-state index contributed by atoms with van der Waals surface area (Å²) in [6.07, 6.45) is 28.5. The van der Waals surface area contributed by atoms with Crippen molar-refractivity contribution in [3.05, 3.63) is 60.8 Å². The number of esters is 2. The van der Waals surface area contributed by atoms with Gasteiger partial charge in [0.25, 0.3) is 0 Å². The van der Waals surface area contributed by atoms with E-state index in [1.165, 1.54) is 57.8 Å². The van der Waals surface area contributed by atoms with Gasteiger partial charge in [0.2, 0.25) is 0 Å². The lowest BCUT2D eigenvalue weighted by molar-refractivity contribution is -0.220. The van der Waals surface area contributed by atoms with Gasteiger partial charge in [-0.2, -0.15) is 0 Å². The Morgan fingerprint density at radius 1 is 0.542 bits per heavy atom. The number of carbonyl (C=O) groups excluding carboxylic acids is 2. The molecule has 0 aromatic rings. The van der Waals surface area contributed by atoms with Gasteiger partial charge in [-0.1, -0.05) is 145 Å². The number of phosphoric acid groups is 1. The lowest BCUT2D eigenvalue weighted by Gasteiger charge is -2.41. The van der Waals surface area contributed by atoms with Crippen molar-refractivity contribution in [3.63, 3.8) is 0 Å². The Morgan fingerprint density at radius 3 is 1.56 bits per heavy atom. The second kappa shape index (κ2) is 35.2. The fraction of sp³-hybridized carbons (Fsp3) is 0.733. The van der Waals surface area contributed by atoms with Crippen LogP contribution in [0.15, 0.2) is 60.8 Å². The van der Waals surface area contributed by atoms with Gasteiger partial charge in [-0.15, -0.1) is 0 Å². The average molecular weight is 857 g/mol. The summed E-state index contributed by atoms with van der Waals surface area (Å²) < 4.78 is 33.4. The highest BCUT2D eigenvalue weighted by atomic mass is 31.2. The van der Waals surface area contributed by atoms with E-state index < -0.39 is 75.7 Å². The molecule has 1 saturated carbocycles. The van der Waals surface area contributed by atoms with E-state index in [-0.39, 0.29) is 12.8 Å². The summed E-state index contributed by atoms with van der Waals surface area (Å²) in [6.45, 7) is 3.11. The van der Waals surface area contributed by atoms with Crippen molar-refractivity contribution in [1.82, 2.24) is 0 Å². The monoisotopic (exact) mass is 857 g/mol. The number of hydrogen-bond acceptors (Lipinski definition) is 12. The van der Waals surface area contributed by atoms with Crippen LogP contribution >= 0.6 is 7.82 Å². The van der Waals surface area contributed by atoms with Gasteiger partial charge in [-0.25, -0.2) is 4.57 Å². The van der Waals surface area contributed by atoms with Gasteiger partial charge < -0.3 is 39.9 Å². The Balaban J connectivity index is 2.52. The molecule has 1 aliphatic carbocycles. The van der Waals surface area contributed by atoms with Gasteiger partial charge in [-0.3, -0.25) is 18.6 Å². The minimum absolute atomic E-state index is 0.0587. The van der Waals surface area contributed by atoms with Crippen molar-refractivity contribution in [3.8, 4) is 0 Å². The molecule has 0 aromatic carbocycles. The number of hydrogen-bond donors (Lipinski definition) is 6. The van der Waals surface area contributed by atoms with Crippen LogP contribution in [-0.4, -0.2) is 98.3 Å². The first-order chi connectivity index (χ1) is 28.4. The maximum absolute atomic E-state index is 12.8. The lowest BCUT2D eigenvalue weighted by Crippen LogP contribution is -2.64. The van der Waals surface area contributed by atoms with E-state index >= 15 is 0 Å². The van der Waals surface area contributed by atoms with Gasteiger partial charge in [0.1, 0.15) is 43.2 Å². The summed E-state index contributed by atoms with van der Waals surface area (Å²) in [7, 11) is -5.13. The van der Waals surface area contributed by atoms with Crippen molar-refractivity contribution in [2.75, 3.05) is 13.2 Å². The number of unbranched alkanes of at least 4 members (excludes halogenated alkanes) is 16. The number of phosphoric ester groups is 1. The number of ether oxygens (including phenoxy) is 2. The second-order valence-electron chi connectivity index (χ2n) is 15.3. The Hall–Kier alpha value is -2.45. The number of carbonyl (C=O) groups is 2. The van der Waals surface area contributed by atoms with E-state index in [1.54, 1.807) is 0 Å². The highest BCUT2D eigenvalue weighted by Crippen LogP contribution is 2.47. The number of aliphatic hydroxyl groups is 5. The maximum Gasteiger partial charge on any atom is 0.472 e. The van der Waals surface area contributed by atoms with Crippen LogP contribution in [0, 0.1) is 0 Å². The van der Waals surface area contributed by atoms with E-state index in [2.05, 4.69) is 38.2 Å². The Morgan fingerprint density at radius 2 is 0.983 bits per heavy atom. The summed E-state index contributed by atoms with van der Waals surface area (Å²) in [6, 6.07) is 0. The second-order valence-corrected chi connectivity index (χ2v) is 16.7. The van der Waals surface area contributed by atoms with Crippen LogP contribution in [0.2, 0.25) is 0 Å². The van der Waals surface area contributed by atoms with Crippen LogP contribution < -0.4 is 0 Å². The zero-order valence-electron chi connectivity index (χ0n) is 35.8. The lowest BCUT2D eigenvalue weighted by atomic mass is 9.85. The minimum Gasteiger partial charge on any atom is -0.462 e. The number of rotatable bonds is 35. The zero-order chi connectivity index (χ0) is 43.6. The largest absolute Gasteiger partial charge is 0.472 e. The van der Waals surface area contributed by atoms with Gasteiger partial charge in [0, 0.05) is 12.8 Å². The van der Waals surface area contributed by atoms with Crippen LogP contribution in [0.4, 0.5) is 0 Å². The van der Waals surface area contributed by atoms with E-state index in [1.807, 2.05) is 36.5 Å². The minimum atomic E-state index is -5.13. The fourth-order valence-electron chi connectivity index (χ4n) is 6.35. The first-order valence-corrected chi connectivity index (χ1v) is 23.6. The van der Waals surface area contributed by atoms with Gasteiger partial charge in [-0.05, 0) is 57.8 Å². The highest BCUT2D eigenvalue weighted by Gasteiger charge is 2.51. The molecule has 6 unspecified atom stereocenters. The molecule has 0 spiro atoms. The smallest absolute Gasteiger partial charge is 0.462 e. The maximum atomic E-state index is 12.8. The average Bonchev–Trinajstić information content (AvgIpc) is 3.21. The molecule has 59 heavy (non-hydrogen) atoms. The molecule has 0 amide bonds. The molecule has 1 rings (SSSR count). The Kier molecular flexibility index (Phi) is 32.5. The molecular formula is C45H77O13P. The van der Waals surface area contributed by atoms with Gasteiger partial charge >= 0.3 is 19.8 Å². The summed E-state index contributed by atoms with van der Waals surface area (Å²) >= 11 is 0. The van der Waals surface area contributed by atoms with Crippen molar-refractivity contribution in [1.29, 1.82) is 0 Å². The topological polar surface area (TPSA) is 210 Å². The first kappa shape index (κ1) is 54.6. The zero-order valence-corrected chi connectivity index (χ0v) is 36.7. The van der Waals surface area contributed by atoms with E-state index in [4.69, 9.17) is 18.5 Å². The predicted molar refractivity (Wildman–Crippen MR) is 230 cm³/mol. The molecule has 340 valence electrons. The first-order valence-electron chi connectivity index (χ1n) is 22.1. The molecule has 0 aliphatic heterocycles. The fourth-order valence-corrected chi connectivity index (χ4v) is 7.32. The van der Waals surface area contributed by atoms with E-state index in [9.17, 15) is 44.6 Å². The van der Waals surface area contributed by atoms with Crippen LogP contribution in [0.5, 0.6) is 0 Å². The van der Waals surface area contributed by atoms with Crippen molar-refractivity contribution in [2.45, 2.75) is 198 Å². The van der Waals surface area contributed by atoms with Crippen molar-refractivity contribution >= 4 is 19.8 Å². The third-order valence-electron chi connectivity index (χ3n) is 9.94. The Bertz CT molecular complexity index is 1270. The number of aliphatic hydroxyl groups excluding tert-OH is 5. The molecule has 0 saturated heterocycles. The van der Waals surface area contributed by atoms with Crippen molar-refractivity contribution < 1.29 is 63.1 Å². The van der Waals surface area contributed by atoms with Crippen LogP contribution in [0.3, 0.4) is 0 Å². The predicted octanol–water partition coefficient (Wildman–Crippen LogP) is 8.16. The molecular weight excluding hydrogens is 779 g/mol. The summed E-state index contributed by atoms with van der Waals surface area (Å²) in [5.74, 6) is -1.16.